The Kier molecular flexibility index (Phi) is 4.51. The Labute approximate surface area is 117 Å². The van der Waals surface area contributed by atoms with Gasteiger partial charge in [0.2, 0.25) is 0 Å². The summed E-state index contributed by atoms with van der Waals surface area (Å²) in [7, 11) is 0. The molecule has 0 bridgehead atoms. The van der Waals surface area contributed by atoms with Crippen LogP contribution >= 0.6 is 0 Å². The summed E-state index contributed by atoms with van der Waals surface area (Å²) in [6.07, 6.45) is 3.58. The van der Waals surface area contributed by atoms with Gasteiger partial charge in [-0.15, -0.1) is 0 Å². The summed E-state index contributed by atoms with van der Waals surface area (Å²) < 4.78 is 5.77. The maximum Gasteiger partial charge on any atom is 0.123 e. The first-order valence-electron chi connectivity index (χ1n) is 7.59. The Bertz CT molecular complexity index is 425. The maximum atomic E-state index is 5.77. The van der Waals surface area contributed by atoms with E-state index in [1.807, 2.05) is 0 Å². The van der Waals surface area contributed by atoms with Gasteiger partial charge in [0, 0.05) is 17.0 Å². The van der Waals surface area contributed by atoms with Gasteiger partial charge in [0.25, 0.3) is 0 Å². The molecule has 0 amide bonds. The molecule has 1 aromatic carbocycles. The number of hydrogen-bond acceptors (Lipinski definition) is 2. The van der Waals surface area contributed by atoms with Crippen LogP contribution in [0.3, 0.4) is 0 Å². The van der Waals surface area contributed by atoms with Crippen molar-refractivity contribution in [2.24, 2.45) is 0 Å². The Morgan fingerprint density at radius 2 is 2.05 bits per heavy atom. The predicted octanol–water partition coefficient (Wildman–Crippen LogP) is 4.20. The van der Waals surface area contributed by atoms with E-state index < -0.39 is 0 Å². The molecule has 0 saturated carbocycles. The molecule has 2 heteroatoms. The summed E-state index contributed by atoms with van der Waals surface area (Å²) in [5, 5.41) is 3.66. The molecule has 1 atom stereocenters. The Hall–Kier alpha value is -1.02. The van der Waals surface area contributed by atoms with E-state index in [4.69, 9.17) is 4.74 Å². The third-order valence-corrected chi connectivity index (χ3v) is 3.94. The molecule has 0 aromatic heterocycles. The number of benzene rings is 1. The molecular weight excluding hydrogens is 234 g/mol. The SMILES string of the molecule is CCCNC(CCC)c1ccc2c(c1)C(C)(C)CO2. The van der Waals surface area contributed by atoms with E-state index in [9.17, 15) is 0 Å². The third-order valence-electron chi connectivity index (χ3n) is 3.94. The molecule has 0 fully saturated rings. The number of fused-ring (bicyclic) bond motifs is 1. The van der Waals surface area contributed by atoms with Crippen molar-refractivity contribution in [3.8, 4) is 5.75 Å². The van der Waals surface area contributed by atoms with Crippen molar-refractivity contribution in [1.29, 1.82) is 0 Å². The quantitative estimate of drug-likeness (QED) is 0.828. The van der Waals surface area contributed by atoms with Gasteiger partial charge < -0.3 is 10.1 Å². The summed E-state index contributed by atoms with van der Waals surface area (Å²) in [6.45, 7) is 10.9. The van der Waals surface area contributed by atoms with Crippen molar-refractivity contribution in [3.05, 3.63) is 29.3 Å². The molecule has 2 nitrogen and oxygen atoms in total. The van der Waals surface area contributed by atoms with Gasteiger partial charge in [0.1, 0.15) is 5.75 Å². The van der Waals surface area contributed by atoms with Crippen molar-refractivity contribution < 1.29 is 4.74 Å². The fourth-order valence-electron chi connectivity index (χ4n) is 2.75. The minimum absolute atomic E-state index is 0.146. The second-order valence-electron chi connectivity index (χ2n) is 6.22. The molecule has 0 aliphatic carbocycles. The van der Waals surface area contributed by atoms with Crippen LogP contribution in [0.5, 0.6) is 5.75 Å². The second kappa shape index (κ2) is 5.96. The first kappa shape index (κ1) is 14.4. The van der Waals surface area contributed by atoms with Crippen LogP contribution < -0.4 is 10.1 Å². The average Bonchev–Trinajstić information content (AvgIpc) is 2.70. The van der Waals surface area contributed by atoms with E-state index in [0.717, 1.165) is 18.9 Å². The van der Waals surface area contributed by atoms with E-state index >= 15 is 0 Å². The number of nitrogens with one attached hydrogen (secondary N) is 1. The predicted molar refractivity (Wildman–Crippen MR) is 80.9 cm³/mol. The molecule has 1 aromatic rings. The topological polar surface area (TPSA) is 21.3 Å². The highest BCUT2D eigenvalue weighted by atomic mass is 16.5. The van der Waals surface area contributed by atoms with E-state index in [0.29, 0.717) is 6.04 Å². The van der Waals surface area contributed by atoms with Gasteiger partial charge in [0.15, 0.2) is 0 Å². The van der Waals surface area contributed by atoms with Crippen LogP contribution in [-0.4, -0.2) is 13.2 Å². The molecule has 2 rings (SSSR count). The lowest BCUT2D eigenvalue weighted by Gasteiger charge is -2.21. The van der Waals surface area contributed by atoms with Crippen molar-refractivity contribution >= 4 is 0 Å². The van der Waals surface area contributed by atoms with E-state index in [-0.39, 0.29) is 5.41 Å². The lowest BCUT2D eigenvalue weighted by atomic mass is 9.85. The zero-order valence-corrected chi connectivity index (χ0v) is 12.8. The summed E-state index contributed by atoms with van der Waals surface area (Å²) >= 11 is 0. The summed E-state index contributed by atoms with van der Waals surface area (Å²) in [5.41, 5.74) is 2.92. The molecule has 1 unspecified atom stereocenters. The lowest BCUT2D eigenvalue weighted by Crippen LogP contribution is -2.23. The van der Waals surface area contributed by atoms with Gasteiger partial charge in [-0.25, -0.2) is 0 Å². The fraction of sp³-hybridized carbons (Fsp3) is 0.647. The van der Waals surface area contributed by atoms with Crippen molar-refractivity contribution in [1.82, 2.24) is 5.32 Å². The van der Waals surface area contributed by atoms with Gasteiger partial charge >= 0.3 is 0 Å². The Morgan fingerprint density at radius 3 is 2.74 bits per heavy atom. The van der Waals surface area contributed by atoms with Crippen LogP contribution in [0, 0.1) is 0 Å². The largest absolute Gasteiger partial charge is 0.492 e. The lowest BCUT2D eigenvalue weighted by molar-refractivity contribution is 0.291. The van der Waals surface area contributed by atoms with Crippen LogP contribution in [-0.2, 0) is 5.41 Å². The minimum Gasteiger partial charge on any atom is -0.492 e. The Balaban J connectivity index is 2.24. The molecule has 0 spiro atoms. The molecule has 19 heavy (non-hydrogen) atoms. The van der Waals surface area contributed by atoms with Crippen LogP contribution in [0.1, 0.15) is 64.1 Å². The van der Waals surface area contributed by atoms with Crippen LogP contribution in [0.4, 0.5) is 0 Å². The van der Waals surface area contributed by atoms with Crippen LogP contribution in [0.15, 0.2) is 18.2 Å². The monoisotopic (exact) mass is 261 g/mol. The van der Waals surface area contributed by atoms with Crippen LogP contribution in [0.25, 0.3) is 0 Å². The molecular formula is C17H27NO. The van der Waals surface area contributed by atoms with Gasteiger partial charge in [-0.2, -0.15) is 0 Å². The summed E-state index contributed by atoms with van der Waals surface area (Å²) in [4.78, 5) is 0. The molecule has 1 N–H and O–H groups in total. The molecule has 1 heterocycles. The molecule has 0 saturated heterocycles. The van der Waals surface area contributed by atoms with E-state index in [2.05, 4.69) is 51.2 Å². The first-order valence-corrected chi connectivity index (χ1v) is 7.59. The highest BCUT2D eigenvalue weighted by Crippen LogP contribution is 2.39. The number of rotatable bonds is 6. The van der Waals surface area contributed by atoms with Crippen LogP contribution in [0.2, 0.25) is 0 Å². The Morgan fingerprint density at radius 1 is 1.26 bits per heavy atom. The second-order valence-corrected chi connectivity index (χ2v) is 6.22. The van der Waals surface area contributed by atoms with Gasteiger partial charge in [0.05, 0.1) is 6.61 Å². The number of hydrogen-bond donors (Lipinski definition) is 1. The van der Waals surface area contributed by atoms with Crippen molar-refractivity contribution in [2.45, 2.75) is 58.4 Å². The van der Waals surface area contributed by atoms with Crippen molar-refractivity contribution in [2.75, 3.05) is 13.2 Å². The average molecular weight is 261 g/mol. The molecule has 106 valence electrons. The third kappa shape index (κ3) is 3.11. The highest BCUT2D eigenvalue weighted by molar-refractivity contribution is 5.45. The summed E-state index contributed by atoms with van der Waals surface area (Å²) in [5.74, 6) is 1.07. The first-order chi connectivity index (χ1) is 9.08. The van der Waals surface area contributed by atoms with E-state index in [1.165, 1.54) is 30.4 Å². The standard InChI is InChI=1S/C17H27NO/c1-5-7-15(18-10-6-2)13-8-9-16-14(11-13)17(3,4)12-19-16/h8-9,11,15,18H,5-7,10,12H2,1-4H3. The van der Waals surface area contributed by atoms with Crippen molar-refractivity contribution in [3.63, 3.8) is 0 Å². The normalized spacial score (nSPS) is 17.9. The highest BCUT2D eigenvalue weighted by Gasteiger charge is 2.32. The molecule has 0 radical (unpaired) electrons. The van der Waals surface area contributed by atoms with Gasteiger partial charge in [-0.3, -0.25) is 0 Å². The van der Waals surface area contributed by atoms with Gasteiger partial charge in [-0.1, -0.05) is 40.2 Å². The number of ether oxygens (including phenoxy) is 1. The fourth-order valence-corrected chi connectivity index (χ4v) is 2.75. The zero-order valence-electron chi connectivity index (χ0n) is 12.8. The molecule has 1 aliphatic rings. The smallest absolute Gasteiger partial charge is 0.123 e. The van der Waals surface area contributed by atoms with E-state index in [1.54, 1.807) is 0 Å². The van der Waals surface area contributed by atoms with Gasteiger partial charge in [-0.05, 0) is 37.1 Å². The summed E-state index contributed by atoms with van der Waals surface area (Å²) in [6, 6.07) is 7.20. The molecule has 1 aliphatic heterocycles. The zero-order chi connectivity index (χ0) is 13.9. The minimum atomic E-state index is 0.146. The maximum absolute atomic E-state index is 5.77.